The zero-order valence-electron chi connectivity index (χ0n) is 16.7. The van der Waals surface area contributed by atoms with E-state index in [1.54, 1.807) is 6.92 Å². The van der Waals surface area contributed by atoms with Gasteiger partial charge in [-0.3, -0.25) is 14.2 Å². The molecule has 1 aromatic carbocycles. The molecule has 0 aliphatic carbocycles. The third kappa shape index (κ3) is 3.80. The lowest BCUT2D eigenvalue weighted by molar-refractivity contribution is -0.139. The second kappa shape index (κ2) is 8.14. The average Bonchev–Trinajstić information content (AvgIpc) is 2.62. The topological polar surface area (TPSA) is 74.1 Å². The standard InChI is InChI=1S/C21H23N3O3S/c1-6-27-17(25)11-28-21-23-20(26)18-13(3)10-14(4)22-19(18)24(21)16-9-7-8-12(2)15(16)5/h7-10H,6,11H2,1-5H3. The number of hydrogen-bond acceptors (Lipinski definition) is 6. The molecule has 0 saturated carbocycles. The maximum Gasteiger partial charge on any atom is 0.316 e. The molecule has 0 aliphatic rings. The van der Waals surface area contributed by atoms with Gasteiger partial charge in [-0.25, -0.2) is 4.98 Å². The van der Waals surface area contributed by atoms with Crippen LogP contribution >= 0.6 is 11.8 Å². The second-order valence-corrected chi connectivity index (χ2v) is 7.57. The minimum absolute atomic E-state index is 0.0709. The summed E-state index contributed by atoms with van der Waals surface area (Å²) in [7, 11) is 0. The van der Waals surface area contributed by atoms with Crippen molar-refractivity contribution in [1.29, 1.82) is 0 Å². The molecule has 28 heavy (non-hydrogen) atoms. The van der Waals surface area contributed by atoms with Crippen LogP contribution in [0.2, 0.25) is 0 Å². The fraction of sp³-hybridized carbons (Fsp3) is 0.333. The number of thioether (sulfide) groups is 1. The van der Waals surface area contributed by atoms with Crippen molar-refractivity contribution in [1.82, 2.24) is 14.5 Å². The first-order valence-corrected chi connectivity index (χ1v) is 10.1. The van der Waals surface area contributed by atoms with Crippen LogP contribution < -0.4 is 5.56 Å². The molecule has 3 rings (SSSR count). The number of aryl methyl sites for hydroxylation is 3. The molecule has 3 aromatic rings. The van der Waals surface area contributed by atoms with Gasteiger partial charge in [0.25, 0.3) is 5.56 Å². The molecule has 6 nitrogen and oxygen atoms in total. The SMILES string of the molecule is CCOC(=O)CSc1nc(=O)c2c(C)cc(C)nc2n1-c1cccc(C)c1C. The van der Waals surface area contributed by atoms with Crippen molar-refractivity contribution in [2.24, 2.45) is 0 Å². The van der Waals surface area contributed by atoms with Crippen LogP contribution in [-0.4, -0.2) is 32.9 Å². The van der Waals surface area contributed by atoms with E-state index in [4.69, 9.17) is 4.74 Å². The number of ether oxygens (including phenoxy) is 1. The minimum Gasteiger partial charge on any atom is -0.465 e. The average molecular weight is 398 g/mol. The van der Waals surface area contributed by atoms with Gasteiger partial charge >= 0.3 is 5.97 Å². The van der Waals surface area contributed by atoms with Crippen LogP contribution in [-0.2, 0) is 9.53 Å². The molecule has 0 N–H and O–H groups in total. The van der Waals surface area contributed by atoms with E-state index in [2.05, 4.69) is 9.97 Å². The molecule has 0 atom stereocenters. The summed E-state index contributed by atoms with van der Waals surface area (Å²) >= 11 is 1.18. The molecular weight excluding hydrogens is 374 g/mol. The minimum atomic E-state index is -0.345. The number of fused-ring (bicyclic) bond motifs is 1. The van der Waals surface area contributed by atoms with E-state index in [1.165, 1.54) is 11.8 Å². The molecule has 146 valence electrons. The lowest BCUT2D eigenvalue weighted by Gasteiger charge is -2.18. The van der Waals surface area contributed by atoms with Gasteiger partial charge in [0.05, 0.1) is 23.4 Å². The summed E-state index contributed by atoms with van der Waals surface area (Å²) < 4.78 is 6.90. The Kier molecular flexibility index (Phi) is 5.84. The van der Waals surface area contributed by atoms with Crippen molar-refractivity contribution < 1.29 is 9.53 Å². The highest BCUT2D eigenvalue weighted by Gasteiger charge is 2.19. The highest BCUT2D eigenvalue weighted by molar-refractivity contribution is 7.99. The van der Waals surface area contributed by atoms with Gasteiger partial charge in [-0.2, -0.15) is 4.98 Å². The molecule has 0 unspecified atom stereocenters. The molecule has 0 radical (unpaired) electrons. The van der Waals surface area contributed by atoms with Crippen LogP contribution in [0.1, 0.15) is 29.3 Å². The van der Waals surface area contributed by atoms with Crippen LogP contribution in [0.25, 0.3) is 16.7 Å². The number of rotatable bonds is 5. The largest absolute Gasteiger partial charge is 0.465 e. The van der Waals surface area contributed by atoms with Gasteiger partial charge < -0.3 is 4.74 Å². The lowest BCUT2D eigenvalue weighted by Crippen LogP contribution is -2.19. The number of pyridine rings is 1. The number of aromatic nitrogens is 3. The Balaban J connectivity index is 2.31. The van der Waals surface area contributed by atoms with E-state index >= 15 is 0 Å². The van der Waals surface area contributed by atoms with Crippen molar-refractivity contribution in [2.45, 2.75) is 39.8 Å². The molecule has 0 saturated heterocycles. The van der Waals surface area contributed by atoms with Gasteiger partial charge in [-0.1, -0.05) is 23.9 Å². The first kappa shape index (κ1) is 20.1. The lowest BCUT2D eigenvalue weighted by atomic mass is 10.1. The molecule has 0 fully saturated rings. The monoisotopic (exact) mass is 397 g/mol. The van der Waals surface area contributed by atoms with Gasteiger partial charge in [0.1, 0.15) is 0 Å². The summed E-state index contributed by atoms with van der Waals surface area (Å²) in [6, 6.07) is 7.85. The summed E-state index contributed by atoms with van der Waals surface area (Å²) in [5.41, 5.74) is 4.94. The van der Waals surface area contributed by atoms with Crippen molar-refractivity contribution in [3.05, 3.63) is 57.0 Å². The Morgan fingerprint density at radius 2 is 1.89 bits per heavy atom. The number of benzene rings is 1. The molecule has 0 bridgehead atoms. The van der Waals surface area contributed by atoms with Crippen LogP contribution in [0.5, 0.6) is 0 Å². The third-order valence-electron chi connectivity index (χ3n) is 4.58. The van der Waals surface area contributed by atoms with Crippen LogP contribution in [0.15, 0.2) is 34.2 Å². The van der Waals surface area contributed by atoms with E-state index in [0.29, 0.717) is 22.8 Å². The zero-order chi connectivity index (χ0) is 20.4. The quantitative estimate of drug-likeness (QED) is 0.372. The first-order chi connectivity index (χ1) is 13.3. The number of carbonyl (C=O) groups is 1. The Bertz CT molecular complexity index is 1120. The second-order valence-electron chi connectivity index (χ2n) is 6.63. The summed E-state index contributed by atoms with van der Waals surface area (Å²) in [5.74, 6) is -0.274. The normalized spacial score (nSPS) is 11.0. The van der Waals surface area contributed by atoms with Crippen molar-refractivity contribution in [2.75, 3.05) is 12.4 Å². The Morgan fingerprint density at radius 1 is 1.14 bits per heavy atom. The summed E-state index contributed by atoms with van der Waals surface area (Å²) in [6.07, 6.45) is 0. The van der Waals surface area contributed by atoms with Gasteiger partial charge in [0, 0.05) is 5.69 Å². The van der Waals surface area contributed by atoms with Crippen molar-refractivity contribution >= 4 is 28.8 Å². The number of carbonyl (C=O) groups excluding carboxylic acids is 1. The summed E-state index contributed by atoms with van der Waals surface area (Å²) in [6.45, 7) is 9.92. The van der Waals surface area contributed by atoms with E-state index in [-0.39, 0.29) is 17.3 Å². The van der Waals surface area contributed by atoms with E-state index in [1.807, 2.05) is 56.5 Å². The van der Waals surface area contributed by atoms with Crippen LogP contribution in [0.4, 0.5) is 0 Å². The van der Waals surface area contributed by atoms with Gasteiger partial charge in [-0.15, -0.1) is 0 Å². The highest BCUT2D eigenvalue weighted by Crippen LogP contribution is 2.28. The molecule has 0 spiro atoms. The summed E-state index contributed by atoms with van der Waals surface area (Å²) in [4.78, 5) is 33.6. The molecule has 2 aromatic heterocycles. The Morgan fingerprint density at radius 3 is 2.61 bits per heavy atom. The fourth-order valence-electron chi connectivity index (χ4n) is 3.14. The zero-order valence-corrected chi connectivity index (χ0v) is 17.5. The predicted molar refractivity (Wildman–Crippen MR) is 111 cm³/mol. The molecule has 0 aliphatic heterocycles. The van der Waals surface area contributed by atoms with E-state index < -0.39 is 0 Å². The maximum atomic E-state index is 12.7. The smallest absolute Gasteiger partial charge is 0.316 e. The maximum absolute atomic E-state index is 12.7. The Labute approximate surface area is 168 Å². The molecule has 2 heterocycles. The fourth-order valence-corrected chi connectivity index (χ4v) is 3.94. The van der Waals surface area contributed by atoms with Gasteiger partial charge in [0.15, 0.2) is 10.8 Å². The molecule has 7 heteroatoms. The van der Waals surface area contributed by atoms with Crippen LogP contribution in [0.3, 0.4) is 0 Å². The van der Waals surface area contributed by atoms with Gasteiger partial charge in [0.2, 0.25) is 0 Å². The van der Waals surface area contributed by atoms with Crippen molar-refractivity contribution in [3.8, 4) is 5.69 Å². The van der Waals surface area contributed by atoms with Crippen LogP contribution in [0, 0.1) is 27.7 Å². The molecular formula is C21H23N3O3S. The summed E-state index contributed by atoms with van der Waals surface area (Å²) in [5, 5.41) is 0.920. The van der Waals surface area contributed by atoms with Gasteiger partial charge in [-0.05, 0) is 63.4 Å². The highest BCUT2D eigenvalue weighted by atomic mass is 32.2. The number of nitrogens with zero attached hydrogens (tertiary/aromatic N) is 3. The third-order valence-corrected chi connectivity index (χ3v) is 5.49. The van der Waals surface area contributed by atoms with E-state index in [0.717, 1.165) is 28.1 Å². The number of esters is 1. The van der Waals surface area contributed by atoms with Crippen molar-refractivity contribution in [3.63, 3.8) is 0 Å². The molecule has 0 amide bonds. The predicted octanol–water partition coefficient (Wildman–Crippen LogP) is 3.67. The number of hydrogen-bond donors (Lipinski definition) is 0. The Hall–Kier alpha value is -2.67. The first-order valence-electron chi connectivity index (χ1n) is 9.09. The van der Waals surface area contributed by atoms with E-state index in [9.17, 15) is 9.59 Å².